The lowest BCUT2D eigenvalue weighted by Crippen LogP contribution is -2.31. The van der Waals surface area contributed by atoms with Gasteiger partial charge in [-0.15, -0.1) is 11.3 Å². The largest absolute Gasteiger partial charge is 0.481 e. The first-order valence-electron chi connectivity index (χ1n) is 6.40. The number of rotatable bonds is 6. The zero-order valence-electron chi connectivity index (χ0n) is 11.2. The summed E-state index contributed by atoms with van der Waals surface area (Å²) in [5.41, 5.74) is 1.38. The van der Waals surface area contributed by atoms with Gasteiger partial charge in [-0.1, -0.05) is 18.2 Å². The maximum atomic E-state index is 12.6. The Morgan fingerprint density at radius 2 is 1.95 bits per heavy atom. The van der Waals surface area contributed by atoms with Crippen molar-refractivity contribution in [3.05, 3.63) is 51.1 Å². The van der Waals surface area contributed by atoms with E-state index < -0.39 is 5.97 Å². The lowest BCUT2D eigenvalue weighted by Gasteiger charge is -2.22. The second-order valence-corrected chi connectivity index (χ2v) is 6.72. The van der Waals surface area contributed by atoms with Gasteiger partial charge in [0.15, 0.2) is 0 Å². The molecule has 2 aromatic rings. The lowest BCUT2D eigenvalue weighted by molar-refractivity contribution is -0.137. The van der Waals surface area contributed by atoms with Crippen LogP contribution in [0.2, 0.25) is 0 Å². The van der Waals surface area contributed by atoms with Crippen LogP contribution in [0, 0.1) is 0 Å². The van der Waals surface area contributed by atoms with E-state index in [0.29, 0.717) is 18.5 Å². The molecule has 110 valence electrons. The molecule has 0 fully saturated rings. The van der Waals surface area contributed by atoms with Gasteiger partial charge in [0.05, 0.1) is 9.35 Å². The summed E-state index contributed by atoms with van der Waals surface area (Å²) in [5.74, 6) is -0.970. The number of carboxylic acid groups (broad SMARTS) is 1. The quantitative estimate of drug-likeness (QED) is 0.838. The summed E-state index contributed by atoms with van der Waals surface area (Å²) in [6.45, 7) is 0.378. The summed E-state index contributed by atoms with van der Waals surface area (Å²) in [6.07, 6.45) is 0.464. The maximum absolute atomic E-state index is 12.6. The van der Waals surface area contributed by atoms with Crippen LogP contribution in [0.3, 0.4) is 0 Å². The standard InChI is InChI=1S/C15H14BrNO3S/c16-13-9-11(10-21-13)15(20)17(8-4-7-14(18)19)12-5-2-1-3-6-12/h1-3,5-6,9-10H,4,7-8H2,(H,18,19). The highest BCUT2D eigenvalue weighted by atomic mass is 79.9. The van der Waals surface area contributed by atoms with Crippen molar-refractivity contribution in [2.45, 2.75) is 12.8 Å². The third kappa shape index (κ3) is 4.41. The smallest absolute Gasteiger partial charge is 0.303 e. The molecule has 0 bridgehead atoms. The summed E-state index contributed by atoms with van der Waals surface area (Å²) < 4.78 is 0.893. The van der Waals surface area contributed by atoms with Crippen molar-refractivity contribution >= 4 is 44.8 Å². The Kier molecular flexibility index (Phi) is 5.52. The first kappa shape index (κ1) is 15.7. The first-order valence-corrected chi connectivity index (χ1v) is 8.08. The Hall–Kier alpha value is -1.66. The number of carbonyl (C=O) groups excluding carboxylic acids is 1. The molecule has 2 rings (SSSR count). The molecular weight excluding hydrogens is 354 g/mol. The Labute approximate surface area is 135 Å². The van der Waals surface area contributed by atoms with Gasteiger partial charge in [-0.25, -0.2) is 0 Å². The first-order chi connectivity index (χ1) is 10.1. The second-order valence-electron chi connectivity index (χ2n) is 4.43. The van der Waals surface area contributed by atoms with Crippen LogP contribution in [0.4, 0.5) is 5.69 Å². The molecule has 0 aliphatic carbocycles. The lowest BCUT2D eigenvalue weighted by atomic mass is 10.2. The number of halogens is 1. The minimum Gasteiger partial charge on any atom is -0.481 e. The summed E-state index contributed by atoms with van der Waals surface area (Å²) >= 11 is 4.80. The van der Waals surface area contributed by atoms with Gasteiger partial charge in [0.2, 0.25) is 0 Å². The molecular formula is C15H14BrNO3S. The van der Waals surface area contributed by atoms with Crippen LogP contribution in [0.1, 0.15) is 23.2 Å². The molecule has 0 spiro atoms. The predicted octanol–water partition coefficient (Wildman–Crippen LogP) is 4.02. The van der Waals surface area contributed by atoms with E-state index in [0.717, 1.165) is 9.47 Å². The molecule has 1 amide bonds. The number of hydrogen-bond acceptors (Lipinski definition) is 3. The van der Waals surface area contributed by atoms with Crippen molar-refractivity contribution in [3.63, 3.8) is 0 Å². The van der Waals surface area contributed by atoms with Gasteiger partial charge < -0.3 is 10.0 Å². The van der Waals surface area contributed by atoms with E-state index in [9.17, 15) is 9.59 Å². The number of anilines is 1. The van der Waals surface area contributed by atoms with E-state index >= 15 is 0 Å². The monoisotopic (exact) mass is 367 g/mol. The molecule has 0 radical (unpaired) electrons. The van der Waals surface area contributed by atoms with E-state index in [1.54, 1.807) is 16.3 Å². The van der Waals surface area contributed by atoms with Crippen LogP contribution >= 0.6 is 27.3 Å². The third-order valence-corrected chi connectivity index (χ3v) is 4.40. The Morgan fingerprint density at radius 3 is 2.52 bits per heavy atom. The van der Waals surface area contributed by atoms with Crippen LogP contribution < -0.4 is 4.90 Å². The Balaban J connectivity index is 2.19. The molecule has 0 aliphatic rings. The summed E-state index contributed by atoms with van der Waals surface area (Å²) in [5, 5.41) is 10.5. The van der Waals surface area contributed by atoms with Crippen molar-refractivity contribution in [2.24, 2.45) is 0 Å². The number of amides is 1. The van der Waals surface area contributed by atoms with Gasteiger partial charge in [0.1, 0.15) is 0 Å². The van der Waals surface area contributed by atoms with Crippen LogP contribution in [0.5, 0.6) is 0 Å². The molecule has 0 saturated carbocycles. The SMILES string of the molecule is O=C(O)CCCN(C(=O)c1csc(Br)c1)c1ccccc1. The number of aliphatic carboxylic acids is 1. The average molecular weight is 368 g/mol. The fourth-order valence-electron chi connectivity index (χ4n) is 1.92. The van der Waals surface area contributed by atoms with Gasteiger partial charge in [-0.3, -0.25) is 9.59 Å². The number of thiophene rings is 1. The minimum atomic E-state index is -0.853. The predicted molar refractivity (Wildman–Crippen MR) is 87.0 cm³/mol. The highest BCUT2D eigenvalue weighted by Gasteiger charge is 2.18. The average Bonchev–Trinajstić information content (AvgIpc) is 2.90. The zero-order chi connectivity index (χ0) is 15.2. The van der Waals surface area contributed by atoms with Crippen molar-refractivity contribution in [2.75, 3.05) is 11.4 Å². The fraction of sp³-hybridized carbons (Fsp3) is 0.200. The van der Waals surface area contributed by atoms with E-state index in [1.165, 1.54) is 11.3 Å². The summed E-state index contributed by atoms with van der Waals surface area (Å²) in [7, 11) is 0. The topological polar surface area (TPSA) is 57.6 Å². The minimum absolute atomic E-state index is 0.0456. The maximum Gasteiger partial charge on any atom is 0.303 e. The van der Waals surface area contributed by atoms with Gasteiger partial charge in [-0.05, 0) is 40.5 Å². The Morgan fingerprint density at radius 1 is 1.24 bits per heavy atom. The van der Waals surface area contributed by atoms with Gasteiger partial charge in [0, 0.05) is 24.0 Å². The second kappa shape index (κ2) is 7.38. The number of carbonyl (C=O) groups is 2. The van der Waals surface area contributed by atoms with Crippen molar-refractivity contribution in [3.8, 4) is 0 Å². The van der Waals surface area contributed by atoms with Gasteiger partial charge >= 0.3 is 5.97 Å². The number of nitrogens with zero attached hydrogens (tertiary/aromatic N) is 1. The molecule has 1 aromatic heterocycles. The van der Waals surface area contributed by atoms with Crippen molar-refractivity contribution < 1.29 is 14.7 Å². The highest BCUT2D eigenvalue weighted by Crippen LogP contribution is 2.24. The molecule has 0 saturated heterocycles. The molecule has 21 heavy (non-hydrogen) atoms. The molecule has 4 nitrogen and oxygen atoms in total. The number of para-hydroxylation sites is 1. The molecule has 1 aromatic carbocycles. The van der Waals surface area contributed by atoms with E-state index in [4.69, 9.17) is 5.11 Å². The van der Waals surface area contributed by atoms with Crippen LogP contribution in [-0.4, -0.2) is 23.5 Å². The fourth-order valence-corrected chi connectivity index (χ4v) is 3.05. The number of benzene rings is 1. The van der Waals surface area contributed by atoms with Gasteiger partial charge in [-0.2, -0.15) is 0 Å². The van der Waals surface area contributed by atoms with Crippen molar-refractivity contribution in [1.29, 1.82) is 0 Å². The van der Waals surface area contributed by atoms with E-state index in [1.807, 2.05) is 30.3 Å². The normalized spacial score (nSPS) is 10.3. The molecule has 0 unspecified atom stereocenters. The Bertz CT molecular complexity index is 627. The number of hydrogen-bond donors (Lipinski definition) is 1. The van der Waals surface area contributed by atoms with E-state index in [-0.39, 0.29) is 12.3 Å². The molecule has 1 heterocycles. The number of carboxylic acids is 1. The van der Waals surface area contributed by atoms with Gasteiger partial charge in [0.25, 0.3) is 5.91 Å². The molecule has 0 atom stereocenters. The summed E-state index contributed by atoms with van der Waals surface area (Å²) in [6, 6.07) is 11.1. The molecule has 0 aliphatic heterocycles. The van der Waals surface area contributed by atoms with Crippen LogP contribution in [0.25, 0.3) is 0 Å². The van der Waals surface area contributed by atoms with Crippen LogP contribution in [0.15, 0.2) is 45.6 Å². The van der Waals surface area contributed by atoms with E-state index in [2.05, 4.69) is 15.9 Å². The van der Waals surface area contributed by atoms with Crippen molar-refractivity contribution in [1.82, 2.24) is 0 Å². The summed E-state index contributed by atoms with van der Waals surface area (Å²) in [4.78, 5) is 24.9. The zero-order valence-corrected chi connectivity index (χ0v) is 13.6. The van der Waals surface area contributed by atoms with Crippen LogP contribution in [-0.2, 0) is 4.79 Å². The highest BCUT2D eigenvalue weighted by molar-refractivity contribution is 9.11. The molecule has 1 N–H and O–H groups in total. The molecule has 6 heteroatoms. The third-order valence-electron chi connectivity index (χ3n) is 2.90.